The number of carbonyl (C=O) groups is 5. The van der Waals surface area contributed by atoms with Gasteiger partial charge in [0.2, 0.25) is 21.7 Å². The van der Waals surface area contributed by atoms with E-state index in [1.54, 1.807) is 11.0 Å². The van der Waals surface area contributed by atoms with Gasteiger partial charge < -0.3 is 15.5 Å². The van der Waals surface area contributed by atoms with Crippen LogP contribution in [0.25, 0.3) is 0 Å². The van der Waals surface area contributed by atoms with Gasteiger partial charge >= 0.3 is 6.03 Å². The third-order valence-corrected chi connectivity index (χ3v) is 13.5. The molecule has 12 heteroatoms. The van der Waals surface area contributed by atoms with E-state index in [0.29, 0.717) is 25.3 Å². The van der Waals surface area contributed by atoms with Crippen molar-refractivity contribution in [2.45, 2.75) is 130 Å². The molecule has 0 aromatic heterocycles. The van der Waals surface area contributed by atoms with Gasteiger partial charge in [-0.2, -0.15) is 0 Å². The van der Waals surface area contributed by atoms with Gasteiger partial charge in [0.05, 0.1) is 12.3 Å². The molecular weight excluding hydrogens is 657 g/mol. The van der Waals surface area contributed by atoms with E-state index >= 15 is 0 Å². The smallest absolute Gasteiger partial charge is 0.315 e. The molecule has 3 saturated carbocycles. The van der Waals surface area contributed by atoms with Gasteiger partial charge in [-0.1, -0.05) is 66.9 Å². The van der Waals surface area contributed by atoms with Crippen molar-refractivity contribution in [2.24, 2.45) is 39.9 Å². The number of carbonyl (C=O) groups excluding carboxylic acids is 5. The number of rotatable bonds is 16. The van der Waals surface area contributed by atoms with Crippen LogP contribution in [0.1, 0.15) is 112 Å². The van der Waals surface area contributed by atoms with E-state index in [4.69, 9.17) is 0 Å². The second-order valence-corrected chi connectivity index (χ2v) is 20.1. The first-order valence-electron chi connectivity index (χ1n) is 18.6. The molecule has 4 rings (SSSR count). The number of allylic oxidation sites excluding steroid dienone is 1. The Hall–Kier alpha value is -2.60. The summed E-state index contributed by atoms with van der Waals surface area (Å²) in [5.74, 6) is -1.65. The van der Waals surface area contributed by atoms with E-state index in [0.717, 1.165) is 51.2 Å². The number of likely N-dealkylation sites (N-methyl/N-ethyl adjacent to an activating group) is 1. The molecule has 0 aromatic carbocycles. The Balaban J connectivity index is 1.58. The summed E-state index contributed by atoms with van der Waals surface area (Å²) in [6, 6.07) is -2.85. The van der Waals surface area contributed by atoms with Crippen molar-refractivity contribution in [1.29, 1.82) is 0 Å². The topological polar surface area (TPSA) is 150 Å². The lowest BCUT2D eigenvalue weighted by molar-refractivity contribution is -0.144. The van der Waals surface area contributed by atoms with Gasteiger partial charge in [0, 0.05) is 44.9 Å². The van der Waals surface area contributed by atoms with Crippen molar-refractivity contribution in [2.75, 3.05) is 26.4 Å². The highest BCUT2D eigenvalue weighted by Gasteiger charge is 2.63. The number of sulfonamides is 1. The first-order chi connectivity index (χ1) is 23.1. The van der Waals surface area contributed by atoms with Gasteiger partial charge in [-0.3, -0.25) is 19.2 Å². The monoisotopic (exact) mass is 718 g/mol. The predicted molar refractivity (Wildman–Crippen MR) is 194 cm³/mol. The normalized spacial score (nSPS) is 25.0. The fourth-order valence-corrected chi connectivity index (χ4v) is 8.83. The van der Waals surface area contributed by atoms with Crippen molar-refractivity contribution < 1.29 is 32.4 Å². The van der Waals surface area contributed by atoms with E-state index in [9.17, 15) is 32.4 Å². The molecule has 0 bridgehead atoms. The quantitative estimate of drug-likeness (QED) is 0.170. The van der Waals surface area contributed by atoms with E-state index in [2.05, 4.69) is 17.2 Å². The Kier molecular flexibility index (Phi) is 12.2. The summed E-state index contributed by atoms with van der Waals surface area (Å²) in [5, 5.41) is 5.85. The van der Waals surface area contributed by atoms with Gasteiger partial charge in [-0.15, -0.1) is 6.58 Å². The molecule has 1 heterocycles. The number of ketones is 3. The highest BCUT2D eigenvalue weighted by Crippen LogP contribution is 2.66. The number of hydrogen-bond donors (Lipinski definition) is 2. The minimum absolute atomic E-state index is 0.0175. The number of hydrogen-bond acceptors (Lipinski definition) is 7. The molecule has 282 valence electrons. The van der Waals surface area contributed by atoms with Crippen molar-refractivity contribution >= 4 is 39.3 Å². The molecule has 2 N–H and O–H groups in total. The molecule has 1 aliphatic heterocycles. The second-order valence-electron chi connectivity index (χ2n) is 18.0. The van der Waals surface area contributed by atoms with Gasteiger partial charge in [0.1, 0.15) is 6.04 Å². The number of fused-ring (bicyclic) bond motifs is 2. The molecule has 11 nitrogen and oxygen atoms in total. The van der Waals surface area contributed by atoms with E-state index in [-0.39, 0.29) is 48.3 Å². The van der Waals surface area contributed by atoms with Crippen LogP contribution in [0.3, 0.4) is 0 Å². The fraction of sp³-hybridized carbons (Fsp3) is 0.816. The fourth-order valence-electron chi connectivity index (χ4n) is 8.41. The zero-order valence-electron chi connectivity index (χ0n) is 31.7. The average molecular weight is 719 g/mol. The zero-order chi connectivity index (χ0) is 37.4. The van der Waals surface area contributed by atoms with E-state index < -0.39 is 62.5 Å². The van der Waals surface area contributed by atoms with Gasteiger partial charge in [0.15, 0.2) is 11.6 Å². The van der Waals surface area contributed by atoms with Gasteiger partial charge in [-0.05, 0) is 72.5 Å². The zero-order valence-corrected chi connectivity index (χ0v) is 32.5. The Morgan fingerprint density at radius 3 is 2.12 bits per heavy atom. The standard InChI is InChI=1S/C38H62N4O7S/c1-10-11-15-28(43)32(45)25(20-24-13-12-14-24)21-29(44)31-26-16-17-38(18-19-38)27(26)22-42(31)34(46)33(37(5,6)7)40-35(47)39-30(36(2,3)4)23-41(8)50(9,48)49/h10,24-27,30-31,33H,1,11-23H2,2-9H3,(H2,39,40,47)/t25?,26-,27-,30+,31-,33+/m0/s1. The number of nitrogens with one attached hydrogen (secondary N) is 2. The number of likely N-dealkylation sites (tertiary alicyclic amines) is 1. The van der Waals surface area contributed by atoms with Crippen LogP contribution in [0.4, 0.5) is 4.79 Å². The molecule has 3 aliphatic carbocycles. The maximum atomic E-state index is 14.7. The third kappa shape index (κ3) is 9.24. The minimum Gasteiger partial charge on any atom is -0.334 e. The van der Waals surface area contributed by atoms with Crippen molar-refractivity contribution in [3.63, 3.8) is 0 Å². The van der Waals surface area contributed by atoms with Crippen LogP contribution in [-0.2, 0) is 29.2 Å². The Bertz CT molecular complexity index is 1440. The highest BCUT2D eigenvalue weighted by atomic mass is 32.2. The SMILES string of the molecule is C=CCCC(=O)C(=O)C(CC(=O)[C@@H]1[C@H]2CCC3(CC3)[C@H]2CN1C(=O)[C@@H](NC(=O)N[C@H](CN(C)S(C)(=O)=O)C(C)(C)C)C(C)(C)C)CC1CCC1. The summed E-state index contributed by atoms with van der Waals surface area (Å²) < 4.78 is 25.5. The molecule has 1 spiro atoms. The van der Waals surface area contributed by atoms with Gasteiger partial charge in [0.25, 0.3) is 0 Å². The van der Waals surface area contributed by atoms with Crippen molar-refractivity contribution in [3.8, 4) is 0 Å². The van der Waals surface area contributed by atoms with Crippen LogP contribution in [0, 0.1) is 39.9 Å². The molecule has 0 radical (unpaired) electrons. The molecule has 6 atom stereocenters. The molecule has 50 heavy (non-hydrogen) atoms. The maximum absolute atomic E-state index is 14.7. The van der Waals surface area contributed by atoms with Crippen molar-refractivity contribution in [1.82, 2.24) is 19.8 Å². The molecular formula is C38H62N4O7S. The molecule has 0 aromatic rings. The molecule has 3 amide bonds. The number of Topliss-reactive ketones (excluding diaryl/α,β-unsaturated/α-hetero) is 3. The molecule has 4 aliphatic rings. The lowest BCUT2D eigenvalue weighted by Gasteiger charge is -2.38. The Morgan fingerprint density at radius 1 is 0.980 bits per heavy atom. The highest BCUT2D eigenvalue weighted by molar-refractivity contribution is 7.88. The third-order valence-electron chi connectivity index (χ3n) is 12.2. The van der Waals surface area contributed by atoms with E-state index in [1.807, 2.05) is 41.5 Å². The summed E-state index contributed by atoms with van der Waals surface area (Å²) in [6.45, 7) is 15.5. The van der Waals surface area contributed by atoms with Crippen LogP contribution in [0.15, 0.2) is 12.7 Å². The lowest BCUT2D eigenvalue weighted by atomic mass is 9.75. The minimum atomic E-state index is -3.49. The number of amides is 3. The Labute approximate surface area is 300 Å². The summed E-state index contributed by atoms with van der Waals surface area (Å²) >= 11 is 0. The van der Waals surface area contributed by atoms with Crippen LogP contribution in [0.5, 0.6) is 0 Å². The predicted octanol–water partition coefficient (Wildman–Crippen LogP) is 4.89. The summed E-state index contributed by atoms with van der Waals surface area (Å²) in [6.07, 6.45) is 10.8. The number of nitrogens with zero attached hydrogens (tertiary/aromatic N) is 2. The van der Waals surface area contributed by atoms with Crippen LogP contribution < -0.4 is 10.6 Å². The average Bonchev–Trinajstić information content (AvgIpc) is 3.55. The Morgan fingerprint density at radius 2 is 1.62 bits per heavy atom. The molecule has 1 saturated heterocycles. The van der Waals surface area contributed by atoms with Crippen molar-refractivity contribution in [3.05, 3.63) is 12.7 Å². The van der Waals surface area contributed by atoms with Crippen LogP contribution in [-0.4, -0.2) is 91.4 Å². The van der Waals surface area contributed by atoms with E-state index in [1.165, 1.54) is 11.4 Å². The lowest BCUT2D eigenvalue weighted by Crippen LogP contribution is -2.61. The first-order valence-corrected chi connectivity index (χ1v) is 20.4. The molecule has 4 fully saturated rings. The van der Waals surface area contributed by atoms with Crippen LogP contribution in [0.2, 0.25) is 0 Å². The number of urea groups is 1. The van der Waals surface area contributed by atoms with Crippen LogP contribution >= 0.6 is 0 Å². The first kappa shape index (κ1) is 40.2. The summed E-state index contributed by atoms with van der Waals surface area (Å²) in [7, 11) is -2.03. The summed E-state index contributed by atoms with van der Waals surface area (Å²) in [4.78, 5) is 70.8. The van der Waals surface area contributed by atoms with Gasteiger partial charge in [-0.25, -0.2) is 17.5 Å². The summed E-state index contributed by atoms with van der Waals surface area (Å²) in [5.41, 5.74) is -1.08. The largest absolute Gasteiger partial charge is 0.334 e. The maximum Gasteiger partial charge on any atom is 0.315 e. The second kappa shape index (κ2) is 15.2. The molecule has 1 unspecified atom stereocenters.